The van der Waals surface area contributed by atoms with Gasteiger partial charge in [0.05, 0.1) is 6.61 Å². The third kappa shape index (κ3) is 6.33. The van der Waals surface area contributed by atoms with Gasteiger partial charge in [0.1, 0.15) is 5.75 Å². The molecule has 0 heterocycles. The summed E-state index contributed by atoms with van der Waals surface area (Å²) in [5.41, 5.74) is 7.07. The molecule has 1 saturated carbocycles. The van der Waals surface area contributed by atoms with Gasteiger partial charge in [-0.15, -0.1) is 12.4 Å². The predicted molar refractivity (Wildman–Crippen MR) is 101 cm³/mol. The lowest BCUT2D eigenvalue weighted by molar-refractivity contribution is -0.124. The molecule has 0 saturated heterocycles. The van der Waals surface area contributed by atoms with Gasteiger partial charge in [0.15, 0.2) is 0 Å². The van der Waals surface area contributed by atoms with E-state index in [0.717, 1.165) is 37.2 Å². The number of benzene rings is 1. The maximum absolute atomic E-state index is 12.3. The zero-order chi connectivity index (χ0) is 16.5. The van der Waals surface area contributed by atoms with Crippen LogP contribution in [-0.2, 0) is 11.3 Å². The topological polar surface area (TPSA) is 64.3 Å². The Kier molecular flexibility index (Phi) is 9.16. The van der Waals surface area contributed by atoms with Crippen LogP contribution in [0.15, 0.2) is 24.3 Å². The molecule has 2 rings (SSSR count). The van der Waals surface area contributed by atoms with Gasteiger partial charge in [-0.25, -0.2) is 0 Å². The van der Waals surface area contributed by atoms with E-state index in [1.165, 1.54) is 19.3 Å². The Bertz CT molecular complexity index is 485. The number of hydrogen-bond donors (Lipinski definition) is 2. The number of hydrogen-bond acceptors (Lipinski definition) is 3. The average Bonchev–Trinajstić information content (AvgIpc) is 2.60. The molecule has 1 aliphatic rings. The Hall–Kier alpha value is -1.26. The smallest absolute Gasteiger partial charge is 0.220 e. The highest BCUT2D eigenvalue weighted by molar-refractivity contribution is 5.85. The van der Waals surface area contributed by atoms with E-state index >= 15 is 0 Å². The number of halogens is 1. The third-order valence-electron chi connectivity index (χ3n) is 4.77. The third-order valence-corrected chi connectivity index (χ3v) is 4.77. The van der Waals surface area contributed by atoms with E-state index in [1.807, 2.05) is 24.3 Å². The summed E-state index contributed by atoms with van der Waals surface area (Å²) in [6.07, 6.45) is 7.39. The number of nitrogens with two attached hydrogens (primary N) is 1. The van der Waals surface area contributed by atoms with E-state index in [9.17, 15) is 4.79 Å². The minimum absolute atomic E-state index is 0. The zero-order valence-electron chi connectivity index (χ0n) is 14.7. The minimum Gasteiger partial charge on any atom is -0.494 e. The first-order valence-corrected chi connectivity index (χ1v) is 8.86. The summed E-state index contributed by atoms with van der Waals surface area (Å²) in [4.78, 5) is 12.3. The first kappa shape index (κ1) is 20.8. The van der Waals surface area contributed by atoms with Crippen LogP contribution in [0, 0.1) is 5.41 Å². The molecular formula is C19H31ClN2O2. The van der Waals surface area contributed by atoms with Crippen molar-refractivity contribution in [3.05, 3.63) is 29.8 Å². The van der Waals surface area contributed by atoms with Crippen LogP contribution in [0.1, 0.15) is 57.4 Å². The molecular weight excluding hydrogens is 324 g/mol. The van der Waals surface area contributed by atoms with Crippen molar-refractivity contribution >= 4 is 18.3 Å². The molecule has 3 N–H and O–H groups in total. The van der Waals surface area contributed by atoms with Gasteiger partial charge in [0.2, 0.25) is 5.91 Å². The van der Waals surface area contributed by atoms with Gasteiger partial charge < -0.3 is 15.8 Å². The average molecular weight is 355 g/mol. The second kappa shape index (κ2) is 10.6. The highest BCUT2D eigenvalue weighted by atomic mass is 35.5. The van der Waals surface area contributed by atoms with Crippen LogP contribution in [0.4, 0.5) is 0 Å². The summed E-state index contributed by atoms with van der Waals surface area (Å²) in [6, 6.07) is 7.93. The quantitative estimate of drug-likeness (QED) is 0.746. The van der Waals surface area contributed by atoms with E-state index in [4.69, 9.17) is 10.5 Å². The van der Waals surface area contributed by atoms with Crippen LogP contribution in [0.5, 0.6) is 5.75 Å². The molecule has 136 valence electrons. The van der Waals surface area contributed by atoms with Gasteiger partial charge in [-0.1, -0.05) is 38.3 Å². The molecule has 0 aromatic heterocycles. The lowest BCUT2D eigenvalue weighted by Crippen LogP contribution is -2.38. The van der Waals surface area contributed by atoms with Crippen molar-refractivity contribution in [1.29, 1.82) is 0 Å². The van der Waals surface area contributed by atoms with E-state index in [2.05, 4.69) is 12.2 Å². The van der Waals surface area contributed by atoms with Crippen molar-refractivity contribution in [3.63, 3.8) is 0 Å². The van der Waals surface area contributed by atoms with E-state index < -0.39 is 0 Å². The van der Waals surface area contributed by atoms with Gasteiger partial charge in [-0.05, 0) is 48.9 Å². The summed E-state index contributed by atoms with van der Waals surface area (Å²) in [5.74, 6) is 0.995. The summed E-state index contributed by atoms with van der Waals surface area (Å²) >= 11 is 0. The largest absolute Gasteiger partial charge is 0.494 e. The molecule has 0 unspecified atom stereocenters. The lowest BCUT2D eigenvalue weighted by Gasteiger charge is -2.35. The molecule has 24 heavy (non-hydrogen) atoms. The summed E-state index contributed by atoms with van der Waals surface area (Å²) in [6.45, 7) is 4.00. The Balaban J connectivity index is 0.00000288. The summed E-state index contributed by atoms with van der Waals surface area (Å²) in [7, 11) is 0. The molecule has 1 aliphatic carbocycles. The molecule has 0 radical (unpaired) electrons. The molecule has 0 aliphatic heterocycles. The van der Waals surface area contributed by atoms with Crippen molar-refractivity contribution in [3.8, 4) is 5.75 Å². The number of ether oxygens (including phenoxy) is 1. The molecule has 4 nitrogen and oxygen atoms in total. The van der Waals surface area contributed by atoms with Crippen molar-refractivity contribution < 1.29 is 9.53 Å². The van der Waals surface area contributed by atoms with Gasteiger partial charge >= 0.3 is 0 Å². The number of rotatable bonds is 8. The maximum Gasteiger partial charge on any atom is 0.220 e. The summed E-state index contributed by atoms with van der Waals surface area (Å²) in [5, 5.41) is 3.03. The highest BCUT2D eigenvalue weighted by Crippen LogP contribution is 2.38. The molecule has 1 fully saturated rings. The normalized spacial score (nSPS) is 16.1. The molecule has 0 bridgehead atoms. The first-order valence-electron chi connectivity index (χ1n) is 8.86. The van der Waals surface area contributed by atoms with E-state index in [-0.39, 0.29) is 23.7 Å². The minimum atomic E-state index is 0. The molecule has 1 amide bonds. The highest BCUT2D eigenvalue weighted by Gasteiger charge is 2.32. The fourth-order valence-electron chi connectivity index (χ4n) is 3.28. The van der Waals surface area contributed by atoms with Crippen LogP contribution in [-0.4, -0.2) is 19.1 Å². The second-order valence-corrected chi connectivity index (χ2v) is 6.71. The van der Waals surface area contributed by atoms with Gasteiger partial charge in [-0.2, -0.15) is 0 Å². The SMILES string of the molecule is CCCOc1ccc(CNC(=O)CC2(CN)CCCCC2)cc1.Cl. The molecule has 5 heteroatoms. The van der Waals surface area contributed by atoms with E-state index in [1.54, 1.807) is 0 Å². The number of amides is 1. The van der Waals surface area contributed by atoms with Gasteiger partial charge in [-0.3, -0.25) is 4.79 Å². The number of carbonyl (C=O) groups excluding carboxylic acids is 1. The van der Waals surface area contributed by atoms with Crippen LogP contribution in [0.2, 0.25) is 0 Å². The fourth-order valence-corrected chi connectivity index (χ4v) is 3.28. The Morgan fingerprint density at radius 3 is 2.46 bits per heavy atom. The Morgan fingerprint density at radius 1 is 1.21 bits per heavy atom. The second-order valence-electron chi connectivity index (χ2n) is 6.71. The van der Waals surface area contributed by atoms with Crippen LogP contribution in [0.25, 0.3) is 0 Å². The Morgan fingerprint density at radius 2 is 1.88 bits per heavy atom. The van der Waals surface area contributed by atoms with Crippen LogP contribution in [0.3, 0.4) is 0 Å². The molecule has 0 spiro atoms. The maximum atomic E-state index is 12.3. The Labute approximate surface area is 151 Å². The molecule has 0 atom stereocenters. The van der Waals surface area contributed by atoms with Gasteiger partial charge in [0, 0.05) is 13.0 Å². The first-order chi connectivity index (χ1) is 11.2. The van der Waals surface area contributed by atoms with Crippen molar-refractivity contribution in [2.24, 2.45) is 11.1 Å². The monoisotopic (exact) mass is 354 g/mol. The predicted octanol–water partition coefficient (Wildman–Crippen LogP) is 3.81. The zero-order valence-corrected chi connectivity index (χ0v) is 15.5. The van der Waals surface area contributed by atoms with Crippen molar-refractivity contribution in [2.75, 3.05) is 13.2 Å². The number of carbonyl (C=O) groups is 1. The van der Waals surface area contributed by atoms with Crippen LogP contribution >= 0.6 is 12.4 Å². The van der Waals surface area contributed by atoms with Crippen molar-refractivity contribution in [2.45, 2.75) is 58.4 Å². The van der Waals surface area contributed by atoms with Crippen LogP contribution < -0.4 is 15.8 Å². The number of nitrogens with one attached hydrogen (secondary N) is 1. The standard InChI is InChI=1S/C19H30N2O2.ClH/c1-2-12-23-17-8-6-16(7-9-17)14-21-18(22)13-19(15-20)10-4-3-5-11-19;/h6-9H,2-5,10-15,20H2,1H3,(H,21,22);1H. The fraction of sp³-hybridized carbons (Fsp3) is 0.632. The molecule has 1 aromatic rings. The lowest BCUT2D eigenvalue weighted by atomic mass is 9.71. The van der Waals surface area contributed by atoms with Crippen molar-refractivity contribution in [1.82, 2.24) is 5.32 Å². The summed E-state index contributed by atoms with van der Waals surface area (Å²) < 4.78 is 5.56. The van der Waals surface area contributed by atoms with Gasteiger partial charge in [0.25, 0.3) is 0 Å². The van der Waals surface area contributed by atoms with E-state index in [0.29, 0.717) is 19.5 Å². The molecule has 1 aromatic carbocycles.